The van der Waals surface area contributed by atoms with Crippen LogP contribution in [-0.2, 0) is 16.0 Å². The molecule has 0 radical (unpaired) electrons. The van der Waals surface area contributed by atoms with Crippen molar-refractivity contribution < 1.29 is 19.1 Å². The van der Waals surface area contributed by atoms with Crippen LogP contribution in [-0.4, -0.2) is 33.1 Å². The summed E-state index contributed by atoms with van der Waals surface area (Å²) in [5.74, 6) is 1.02. The fourth-order valence-electron chi connectivity index (χ4n) is 2.33. The fourth-order valence-corrected chi connectivity index (χ4v) is 2.33. The van der Waals surface area contributed by atoms with Crippen LogP contribution in [0.2, 0.25) is 0 Å². The van der Waals surface area contributed by atoms with E-state index in [9.17, 15) is 9.59 Å². The first-order valence-corrected chi connectivity index (χ1v) is 7.79. The van der Waals surface area contributed by atoms with Crippen LogP contribution in [0.5, 0.6) is 11.5 Å². The van der Waals surface area contributed by atoms with Crippen molar-refractivity contribution in [2.45, 2.75) is 13.3 Å². The molecule has 25 heavy (non-hydrogen) atoms. The van der Waals surface area contributed by atoms with Crippen molar-refractivity contribution in [2.75, 3.05) is 31.5 Å². The third-order valence-electron chi connectivity index (χ3n) is 3.82. The molecule has 2 amide bonds. The monoisotopic (exact) mass is 342 g/mol. The summed E-state index contributed by atoms with van der Waals surface area (Å²) in [4.78, 5) is 25.1. The van der Waals surface area contributed by atoms with Crippen LogP contribution < -0.4 is 19.7 Å². The van der Waals surface area contributed by atoms with E-state index in [2.05, 4.69) is 5.32 Å². The van der Waals surface area contributed by atoms with Gasteiger partial charge in [-0.15, -0.1) is 0 Å². The average Bonchev–Trinajstić information content (AvgIpc) is 2.61. The lowest BCUT2D eigenvalue weighted by atomic mass is 10.1. The van der Waals surface area contributed by atoms with Gasteiger partial charge in [-0.1, -0.05) is 6.07 Å². The molecule has 0 spiro atoms. The van der Waals surface area contributed by atoms with Crippen LogP contribution in [0.4, 0.5) is 11.4 Å². The number of amides is 2. The van der Waals surface area contributed by atoms with E-state index in [1.165, 1.54) is 11.8 Å². The van der Waals surface area contributed by atoms with E-state index >= 15 is 0 Å². The molecule has 2 rings (SSSR count). The number of nitrogens with one attached hydrogen (secondary N) is 1. The molecule has 0 fully saturated rings. The second-order valence-corrected chi connectivity index (χ2v) is 5.54. The summed E-state index contributed by atoms with van der Waals surface area (Å²) < 4.78 is 10.4. The maximum absolute atomic E-state index is 12.2. The van der Waals surface area contributed by atoms with E-state index in [-0.39, 0.29) is 18.2 Å². The van der Waals surface area contributed by atoms with Gasteiger partial charge in [0.05, 0.1) is 20.6 Å². The Hall–Kier alpha value is -3.02. The molecular formula is C19H22N2O4. The maximum Gasteiger partial charge on any atom is 0.228 e. The SMILES string of the molecule is COc1ccc(CC(=O)Nc2ccc(N(C)C(C)=O)cc2)cc1OC. The summed E-state index contributed by atoms with van der Waals surface area (Å²) in [6, 6.07) is 12.5. The number of ether oxygens (including phenoxy) is 2. The molecule has 1 N–H and O–H groups in total. The van der Waals surface area contributed by atoms with Crippen molar-refractivity contribution in [2.24, 2.45) is 0 Å². The Labute approximate surface area is 147 Å². The number of hydrogen-bond donors (Lipinski definition) is 1. The Balaban J connectivity index is 2.01. The molecule has 0 atom stereocenters. The number of rotatable bonds is 6. The zero-order valence-electron chi connectivity index (χ0n) is 14.8. The van der Waals surface area contributed by atoms with Crippen molar-refractivity contribution in [3.05, 3.63) is 48.0 Å². The van der Waals surface area contributed by atoms with Gasteiger partial charge in [-0.05, 0) is 42.0 Å². The smallest absolute Gasteiger partial charge is 0.228 e. The van der Waals surface area contributed by atoms with Gasteiger partial charge < -0.3 is 19.7 Å². The number of hydrogen-bond acceptors (Lipinski definition) is 4. The Morgan fingerprint density at radius 2 is 1.64 bits per heavy atom. The van der Waals surface area contributed by atoms with Gasteiger partial charge in [-0.25, -0.2) is 0 Å². The van der Waals surface area contributed by atoms with Gasteiger partial charge in [0.15, 0.2) is 11.5 Å². The average molecular weight is 342 g/mol. The number of nitrogens with zero attached hydrogens (tertiary/aromatic N) is 1. The summed E-state index contributed by atoms with van der Waals surface area (Å²) in [6.45, 7) is 1.50. The lowest BCUT2D eigenvalue weighted by Crippen LogP contribution is -2.22. The predicted molar refractivity (Wildman–Crippen MR) is 97.4 cm³/mol. The van der Waals surface area contributed by atoms with Crippen molar-refractivity contribution >= 4 is 23.2 Å². The minimum atomic E-state index is -0.139. The van der Waals surface area contributed by atoms with E-state index in [0.717, 1.165) is 11.3 Å². The van der Waals surface area contributed by atoms with Gasteiger partial charge >= 0.3 is 0 Å². The van der Waals surface area contributed by atoms with E-state index in [4.69, 9.17) is 9.47 Å². The molecule has 0 aliphatic heterocycles. The van der Waals surface area contributed by atoms with E-state index < -0.39 is 0 Å². The molecule has 0 aliphatic carbocycles. The predicted octanol–water partition coefficient (Wildman–Crippen LogP) is 2.87. The number of methoxy groups -OCH3 is 2. The Morgan fingerprint density at radius 3 is 2.20 bits per heavy atom. The molecule has 0 saturated heterocycles. The number of anilines is 2. The van der Waals surface area contributed by atoms with Crippen LogP contribution in [0.25, 0.3) is 0 Å². The van der Waals surface area contributed by atoms with Gasteiger partial charge in [0.25, 0.3) is 0 Å². The van der Waals surface area contributed by atoms with E-state index in [1.54, 1.807) is 57.7 Å². The fraction of sp³-hybridized carbons (Fsp3) is 0.263. The minimum absolute atomic E-state index is 0.0507. The summed E-state index contributed by atoms with van der Waals surface area (Å²) >= 11 is 0. The lowest BCUT2D eigenvalue weighted by molar-refractivity contribution is -0.116. The summed E-state index contributed by atoms with van der Waals surface area (Å²) in [7, 11) is 4.83. The van der Waals surface area contributed by atoms with Gasteiger partial charge in [-0.3, -0.25) is 9.59 Å². The molecule has 0 bridgehead atoms. The molecule has 0 heterocycles. The first kappa shape index (κ1) is 18.3. The lowest BCUT2D eigenvalue weighted by Gasteiger charge is -2.15. The van der Waals surface area contributed by atoms with Crippen molar-refractivity contribution in [3.63, 3.8) is 0 Å². The third-order valence-corrected chi connectivity index (χ3v) is 3.82. The second kappa shape index (κ2) is 8.19. The molecular weight excluding hydrogens is 320 g/mol. The van der Waals surface area contributed by atoms with Crippen molar-refractivity contribution in [3.8, 4) is 11.5 Å². The highest BCUT2D eigenvalue weighted by molar-refractivity contribution is 5.94. The standard InChI is InChI=1S/C19H22N2O4/c1-13(22)21(2)16-8-6-15(7-9-16)20-19(23)12-14-5-10-17(24-3)18(11-14)25-4/h5-11H,12H2,1-4H3,(H,20,23). The number of benzene rings is 2. The number of carbonyl (C=O) groups excluding carboxylic acids is 2. The van der Waals surface area contributed by atoms with Crippen molar-refractivity contribution in [1.82, 2.24) is 0 Å². The maximum atomic E-state index is 12.2. The first-order chi connectivity index (χ1) is 11.9. The largest absolute Gasteiger partial charge is 0.493 e. The summed E-state index contributed by atoms with van der Waals surface area (Å²) in [6.07, 6.45) is 0.218. The zero-order valence-corrected chi connectivity index (χ0v) is 14.8. The second-order valence-electron chi connectivity index (χ2n) is 5.54. The van der Waals surface area contributed by atoms with Crippen molar-refractivity contribution in [1.29, 1.82) is 0 Å². The Bertz CT molecular complexity index is 757. The number of carbonyl (C=O) groups is 2. The third kappa shape index (κ3) is 4.73. The summed E-state index contributed by atoms with van der Waals surface area (Å²) in [5.41, 5.74) is 2.26. The first-order valence-electron chi connectivity index (χ1n) is 7.79. The Morgan fingerprint density at radius 1 is 1.00 bits per heavy atom. The molecule has 6 nitrogen and oxygen atoms in total. The van der Waals surface area contributed by atoms with Crippen LogP contribution >= 0.6 is 0 Å². The van der Waals surface area contributed by atoms with Crippen LogP contribution in [0.3, 0.4) is 0 Å². The molecule has 6 heteroatoms. The van der Waals surface area contributed by atoms with Gasteiger partial charge in [-0.2, -0.15) is 0 Å². The quantitative estimate of drug-likeness (QED) is 0.876. The molecule has 132 valence electrons. The topological polar surface area (TPSA) is 67.9 Å². The minimum Gasteiger partial charge on any atom is -0.493 e. The molecule has 0 aromatic heterocycles. The zero-order chi connectivity index (χ0) is 18.4. The molecule has 0 aliphatic rings. The molecule has 0 unspecified atom stereocenters. The highest BCUT2D eigenvalue weighted by Gasteiger charge is 2.10. The van der Waals surface area contributed by atoms with E-state index in [0.29, 0.717) is 17.2 Å². The molecule has 0 saturated carbocycles. The highest BCUT2D eigenvalue weighted by Crippen LogP contribution is 2.27. The Kier molecular flexibility index (Phi) is 6.00. The van der Waals surface area contributed by atoms with Crippen LogP contribution in [0, 0.1) is 0 Å². The van der Waals surface area contributed by atoms with Gasteiger partial charge in [0, 0.05) is 25.3 Å². The van der Waals surface area contributed by atoms with E-state index in [1.807, 2.05) is 6.07 Å². The van der Waals surface area contributed by atoms with Crippen LogP contribution in [0.15, 0.2) is 42.5 Å². The van der Waals surface area contributed by atoms with Gasteiger partial charge in [0.2, 0.25) is 11.8 Å². The molecule has 2 aromatic carbocycles. The normalized spacial score (nSPS) is 10.1. The molecule has 2 aromatic rings. The van der Waals surface area contributed by atoms with Gasteiger partial charge in [0.1, 0.15) is 0 Å². The van der Waals surface area contributed by atoms with Crippen LogP contribution in [0.1, 0.15) is 12.5 Å². The summed E-state index contributed by atoms with van der Waals surface area (Å²) in [5, 5.41) is 2.84. The highest BCUT2D eigenvalue weighted by atomic mass is 16.5.